The number of hydrogen-bond acceptors (Lipinski definition) is 5. The van der Waals surface area contributed by atoms with Gasteiger partial charge >= 0.3 is 5.97 Å². The molecule has 1 heterocycles. The fourth-order valence-electron chi connectivity index (χ4n) is 1.64. The summed E-state index contributed by atoms with van der Waals surface area (Å²) in [6.07, 6.45) is 0. The molecule has 1 aromatic carbocycles. The maximum absolute atomic E-state index is 11.5. The zero-order valence-corrected chi connectivity index (χ0v) is 11.5. The number of carbonyl (C=O) groups is 1. The van der Waals surface area contributed by atoms with Crippen LogP contribution in [0.2, 0.25) is 5.02 Å². The molecule has 0 fully saturated rings. The van der Waals surface area contributed by atoms with Crippen LogP contribution in [-0.4, -0.2) is 30.4 Å². The van der Waals surface area contributed by atoms with E-state index in [1.807, 2.05) is 0 Å². The Balaban J connectivity index is 2.51. The Morgan fingerprint density at radius 3 is 2.65 bits per heavy atom. The summed E-state index contributed by atoms with van der Waals surface area (Å²) in [5.74, 6) is -0.206. The summed E-state index contributed by atoms with van der Waals surface area (Å²) in [4.78, 5) is 23.0. The van der Waals surface area contributed by atoms with Gasteiger partial charge in [0.1, 0.15) is 11.3 Å². The van der Waals surface area contributed by atoms with Crippen molar-refractivity contribution < 1.29 is 14.3 Å². The Labute approximate surface area is 119 Å². The molecule has 0 atom stereocenters. The van der Waals surface area contributed by atoms with Crippen molar-refractivity contribution >= 4 is 17.6 Å². The van der Waals surface area contributed by atoms with Crippen LogP contribution in [0.1, 0.15) is 10.4 Å². The fraction of sp³-hybridized carbons (Fsp3) is 0.154. The number of carbonyl (C=O) groups excluding carboxylic acids is 1. The van der Waals surface area contributed by atoms with Gasteiger partial charge in [-0.15, -0.1) is 0 Å². The Morgan fingerprint density at radius 1 is 1.30 bits per heavy atom. The zero-order valence-electron chi connectivity index (χ0n) is 10.8. The SMILES string of the molecule is COC(=O)c1cc(-c2ccc(OC)c(Cl)c2)n[nH]c1=O. The minimum atomic E-state index is -0.727. The summed E-state index contributed by atoms with van der Waals surface area (Å²) < 4.78 is 9.59. The standard InChI is InChI=1S/C13H11ClN2O4/c1-19-11-4-3-7(5-9(11)14)10-6-8(13(18)20-2)12(17)16-15-10/h3-6H,1-2H3,(H,16,17). The Bertz CT molecular complexity index is 712. The van der Waals surface area contributed by atoms with E-state index in [0.29, 0.717) is 22.0 Å². The van der Waals surface area contributed by atoms with Gasteiger partial charge in [-0.05, 0) is 24.3 Å². The average molecular weight is 295 g/mol. The molecule has 2 rings (SSSR count). The van der Waals surface area contributed by atoms with Gasteiger partial charge in [0.2, 0.25) is 0 Å². The normalized spacial score (nSPS) is 10.2. The highest BCUT2D eigenvalue weighted by Gasteiger charge is 2.14. The van der Waals surface area contributed by atoms with E-state index >= 15 is 0 Å². The number of rotatable bonds is 3. The maximum atomic E-state index is 11.5. The third-order valence-electron chi connectivity index (χ3n) is 2.66. The first-order valence-electron chi connectivity index (χ1n) is 5.58. The summed E-state index contributed by atoms with van der Waals surface area (Å²) in [5.41, 5.74) is 0.302. The smallest absolute Gasteiger partial charge is 0.343 e. The van der Waals surface area contributed by atoms with Crippen LogP contribution in [0.4, 0.5) is 0 Å². The first-order chi connectivity index (χ1) is 9.56. The van der Waals surface area contributed by atoms with Crippen molar-refractivity contribution in [2.45, 2.75) is 0 Å². The van der Waals surface area contributed by atoms with Crippen molar-refractivity contribution in [3.05, 3.63) is 45.2 Å². The van der Waals surface area contributed by atoms with E-state index in [4.69, 9.17) is 16.3 Å². The molecule has 0 spiro atoms. The molecule has 0 unspecified atom stereocenters. The highest BCUT2D eigenvalue weighted by molar-refractivity contribution is 6.32. The predicted octanol–water partition coefficient (Wildman–Crippen LogP) is 1.89. The van der Waals surface area contributed by atoms with Gasteiger partial charge < -0.3 is 9.47 Å². The molecule has 1 N–H and O–H groups in total. The van der Waals surface area contributed by atoms with Crippen molar-refractivity contribution in [2.75, 3.05) is 14.2 Å². The molecule has 2 aromatic rings. The average Bonchev–Trinajstić information content (AvgIpc) is 2.47. The van der Waals surface area contributed by atoms with Crippen molar-refractivity contribution in [1.82, 2.24) is 10.2 Å². The van der Waals surface area contributed by atoms with E-state index in [2.05, 4.69) is 14.9 Å². The maximum Gasteiger partial charge on any atom is 0.343 e. The van der Waals surface area contributed by atoms with Crippen LogP contribution in [0.15, 0.2) is 29.1 Å². The van der Waals surface area contributed by atoms with E-state index in [9.17, 15) is 9.59 Å². The van der Waals surface area contributed by atoms with Gasteiger partial charge in [-0.25, -0.2) is 9.89 Å². The van der Waals surface area contributed by atoms with E-state index < -0.39 is 11.5 Å². The lowest BCUT2D eigenvalue weighted by Gasteiger charge is -2.06. The lowest BCUT2D eigenvalue weighted by molar-refractivity contribution is 0.0598. The number of ether oxygens (including phenoxy) is 2. The zero-order chi connectivity index (χ0) is 14.7. The molecule has 0 saturated carbocycles. The van der Waals surface area contributed by atoms with Gasteiger partial charge in [-0.3, -0.25) is 4.79 Å². The molecule has 0 radical (unpaired) electrons. The molecular weight excluding hydrogens is 284 g/mol. The number of esters is 1. The van der Waals surface area contributed by atoms with Gasteiger partial charge in [-0.1, -0.05) is 11.6 Å². The second-order valence-electron chi connectivity index (χ2n) is 3.84. The first kappa shape index (κ1) is 14.1. The van der Waals surface area contributed by atoms with Crippen LogP contribution in [0.3, 0.4) is 0 Å². The molecule has 20 heavy (non-hydrogen) atoms. The lowest BCUT2D eigenvalue weighted by atomic mass is 10.1. The third kappa shape index (κ3) is 2.65. The Morgan fingerprint density at radius 2 is 2.05 bits per heavy atom. The molecule has 6 nitrogen and oxygen atoms in total. The molecule has 104 valence electrons. The fourth-order valence-corrected chi connectivity index (χ4v) is 1.90. The number of nitrogens with one attached hydrogen (secondary N) is 1. The van der Waals surface area contributed by atoms with Crippen LogP contribution in [0.5, 0.6) is 5.75 Å². The third-order valence-corrected chi connectivity index (χ3v) is 2.95. The summed E-state index contributed by atoms with van der Waals surface area (Å²) in [7, 11) is 2.71. The van der Waals surface area contributed by atoms with E-state index in [1.165, 1.54) is 20.3 Å². The molecule has 0 aliphatic rings. The number of aromatic nitrogens is 2. The number of hydrogen-bond donors (Lipinski definition) is 1. The van der Waals surface area contributed by atoms with E-state index in [-0.39, 0.29) is 5.56 Å². The van der Waals surface area contributed by atoms with Crippen molar-refractivity contribution in [2.24, 2.45) is 0 Å². The molecule has 0 saturated heterocycles. The van der Waals surface area contributed by atoms with Crippen molar-refractivity contribution in [3.63, 3.8) is 0 Å². The molecule has 7 heteroatoms. The van der Waals surface area contributed by atoms with Crippen LogP contribution in [0, 0.1) is 0 Å². The summed E-state index contributed by atoms with van der Waals surface area (Å²) in [6.45, 7) is 0. The highest BCUT2D eigenvalue weighted by Crippen LogP contribution is 2.29. The lowest BCUT2D eigenvalue weighted by Crippen LogP contribution is -2.20. The number of aromatic amines is 1. The van der Waals surface area contributed by atoms with Gasteiger partial charge in [-0.2, -0.15) is 5.10 Å². The van der Waals surface area contributed by atoms with Crippen molar-refractivity contribution in [3.8, 4) is 17.0 Å². The molecule has 0 amide bonds. The Hall–Kier alpha value is -2.34. The van der Waals surface area contributed by atoms with Crippen LogP contribution >= 0.6 is 11.6 Å². The second kappa shape index (κ2) is 5.75. The predicted molar refractivity (Wildman–Crippen MR) is 73.2 cm³/mol. The highest BCUT2D eigenvalue weighted by atomic mass is 35.5. The number of nitrogens with zero attached hydrogens (tertiary/aromatic N) is 1. The van der Waals surface area contributed by atoms with Crippen LogP contribution < -0.4 is 10.3 Å². The minimum Gasteiger partial charge on any atom is -0.495 e. The van der Waals surface area contributed by atoms with E-state index in [0.717, 1.165) is 0 Å². The molecule has 0 aliphatic heterocycles. The molecule has 1 aromatic heterocycles. The molecule has 0 bridgehead atoms. The summed E-state index contributed by atoms with van der Waals surface area (Å²) in [6, 6.07) is 6.36. The Kier molecular flexibility index (Phi) is 4.05. The minimum absolute atomic E-state index is 0.121. The monoisotopic (exact) mass is 294 g/mol. The van der Waals surface area contributed by atoms with Crippen LogP contribution in [0.25, 0.3) is 11.3 Å². The number of H-pyrrole nitrogens is 1. The number of benzene rings is 1. The van der Waals surface area contributed by atoms with Gasteiger partial charge in [0.15, 0.2) is 0 Å². The quantitative estimate of drug-likeness (QED) is 0.874. The van der Waals surface area contributed by atoms with Gasteiger partial charge in [0.05, 0.1) is 24.9 Å². The molecule has 0 aliphatic carbocycles. The molecular formula is C13H11ClN2O4. The topological polar surface area (TPSA) is 81.3 Å². The first-order valence-corrected chi connectivity index (χ1v) is 5.96. The van der Waals surface area contributed by atoms with E-state index in [1.54, 1.807) is 18.2 Å². The largest absolute Gasteiger partial charge is 0.495 e. The van der Waals surface area contributed by atoms with Crippen molar-refractivity contribution in [1.29, 1.82) is 0 Å². The van der Waals surface area contributed by atoms with Crippen LogP contribution in [-0.2, 0) is 4.74 Å². The van der Waals surface area contributed by atoms with Gasteiger partial charge in [0.25, 0.3) is 5.56 Å². The summed E-state index contributed by atoms with van der Waals surface area (Å²) >= 11 is 6.02. The number of methoxy groups -OCH3 is 2. The summed E-state index contributed by atoms with van der Waals surface area (Å²) in [5, 5.41) is 6.53. The second-order valence-corrected chi connectivity index (χ2v) is 4.24. The number of halogens is 1. The van der Waals surface area contributed by atoms with Gasteiger partial charge in [0, 0.05) is 5.56 Å².